The lowest BCUT2D eigenvalue weighted by molar-refractivity contribution is 0.880. The average molecular weight is 879 g/mol. The Morgan fingerprint density at radius 1 is 0.456 bits per heavy atom. The molecule has 0 aliphatic heterocycles. The van der Waals surface area contributed by atoms with Gasteiger partial charge < -0.3 is 9.13 Å². The molecule has 0 unspecified atom stereocenters. The summed E-state index contributed by atoms with van der Waals surface area (Å²) in [5, 5.41) is 14.4. The minimum atomic E-state index is 0.505. The van der Waals surface area contributed by atoms with E-state index in [1.165, 1.54) is 5.56 Å². The van der Waals surface area contributed by atoms with Crippen molar-refractivity contribution in [2.45, 2.75) is 40.5 Å². The number of nitriles is 1. The first-order valence-corrected chi connectivity index (χ1v) is 22.8. The fraction of sp³-hybridized carbons (Fsp3) is 0.103. The summed E-state index contributed by atoms with van der Waals surface area (Å²) in [4.78, 5) is 33.8. The Morgan fingerprint density at radius 2 is 1.04 bits per heavy atom. The van der Waals surface area contributed by atoms with Crippen molar-refractivity contribution in [2.24, 2.45) is 0 Å². The van der Waals surface area contributed by atoms with Crippen LogP contribution in [0.25, 0.3) is 101 Å². The van der Waals surface area contributed by atoms with Crippen molar-refractivity contribution >= 4 is 44.4 Å². The van der Waals surface area contributed by atoms with Gasteiger partial charge in [-0.2, -0.15) is 5.26 Å². The predicted octanol–water partition coefficient (Wildman–Crippen LogP) is 12.8. The highest BCUT2D eigenvalue weighted by molar-refractivity contribution is 6.11. The van der Waals surface area contributed by atoms with Gasteiger partial charge >= 0.3 is 0 Å². The first-order chi connectivity index (χ1) is 33.3. The number of para-hydroxylation sites is 2. The molecule has 1 aliphatic rings. The van der Waals surface area contributed by atoms with Gasteiger partial charge in [0.2, 0.25) is 0 Å². The first kappa shape index (κ1) is 40.6. The van der Waals surface area contributed by atoms with Crippen LogP contribution in [0.3, 0.4) is 0 Å². The van der Waals surface area contributed by atoms with Crippen molar-refractivity contribution in [1.82, 2.24) is 44.0 Å². The zero-order valence-corrected chi connectivity index (χ0v) is 37.9. The first-order valence-electron chi connectivity index (χ1n) is 22.8. The highest BCUT2D eigenvalue weighted by Gasteiger charge is 2.28. The van der Waals surface area contributed by atoms with Gasteiger partial charge in [0.1, 0.15) is 23.3 Å². The third-order valence-electron chi connectivity index (χ3n) is 12.9. The van der Waals surface area contributed by atoms with Gasteiger partial charge in [0, 0.05) is 32.8 Å². The molecule has 5 aromatic heterocycles. The van der Waals surface area contributed by atoms with Gasteiger partial charge in [-0.15, -0.1) is 0 Å². The summed E-state index contributed by atoms with van der Waals surface area (Å²) in [6.07, 6.45) is 3.80. The second-order valence-electron chi connectivity index (χ2n) is 17.3. The SMILES string of the molecule is Cc1nc(C)nc(C2=Cc3c(c4ccccc4n3-c3cc(C#N)cc(-n4c5ccccc5c5ccc(-c6nc(C)nc(C)n6)cc54)c3-c3cccc(-c4ccccc4-c4ccccc4)n3)CC2)n1. The van der Waals surface area contributed by atoms with Crippen molar-refractivity contribution in [3.63, 3.8) is 0 Å². The van der Waals surface area contributed by atoms with Gasteiger partial charge in [-0.05, 0) is 111 Å². The number of hydrogen-bond acceptors (Lipinski definition) is 8. The summed E-state index contributed by atoms with van der Waals surface area (Å²) in [7, 11) is 0. The maximum Gasteiger partial charge on any atom is 0.163 e. The monoisotopic (exact) mass is 878 g/mol. The lowest BCUT2D eigenvalue weighted by Gasteiger charge is -2.22. The van der Waals surface area contributed by atoms with Gasteiger partial charge in [-0.3, -0.25) is 0 Å². The Labute approximate surface area is 392 Å². The maximum absolute atomic E-state index is 11.1. The summed E-state index contributed by atoms with van der Waals surface area (Å²) in [6.45, 7) is 7.60. The van der Waals surface area contributed by atoms with E-state index in [1.54, 1.807) is 0 Å². The fourth-order valence-electron chi connectivity index (χ4n) is 10.1. The molecule has 0 bridgehead atoms. The number of fused-ring (bicyclic) bond motifs is 6. The number of pyridine rings is 1. The van der Waals surface area contributed by atoms with Crippen LogP contribution in [0, 0.1) is 39.0 Å². The van der Waals surface area contributed by atoms with Crippen molar-refractivity contribution in [3.8, 4) is 62.5 Å². The molecular formula is C58H42N10. The third kappa shape index (κ3) is 6.83. The van der Waals surface area contributed by atoms with Crippen LogP contribution < -0.4 is 0 Å². The Bertz CT molecular complexity index is 3890. The van der Waals surface area contributed by atoms with Gasteiger partial charge in [-0.25, -0.2) is 34.9 Å². The molecule has 6 aromatic carbocycles. The highest BCUT2D eigenvalue weighted by atomic mass is 15.1. The van der Waals surface area contributed by atoms with Gasteiger partial charge in [0.25, 0.3) is 0 Å². The Morgan fingerprint density at radius 3 is 1.76 bits per heavy atom. The van der Waals surface area contributed by atoms with E-state index >= 15 is 0 Å². The van der Waals surface area contributed by atoms with E-state index in [1.807, 2.05) is 45.9 Å². The Balaban J connectivity index is 1.20. The molecule has 10 nitrogen and oxygen atoms in total. The van der Waals surface area contributed by atoms with Crippen LogP contribution in [0.4, 0.5) is 0 Å². The minimum absolute atomic E-state index is 0.505. The molecule has 0 amide bonds. The number of benzene rings is 6. The van der Waals surface area contributed by atoms with Crippen LogP contribution in [0.5, 0.6) is 0 Å². The molecule has 0 N–H and O–H groups in total. The van der Waals surface area contributed by atoms with E-state index in [2.05, 4.69) is 165 Å². The summed E-state index contributed by atoms with van der Waals surface area (Å²) >= 11 is 0. The molecule has 0 atom stereocenters. The minimum Gasteiger partial charge on any atom is -0.309 e. The van der Waals surface area contributed by atoms with E-state index in [0.717, 1.165) is 107 Å². The van der Waals surface area contributed by atoms with Gasteiger partial charge in [0.15, 0.2) is 11.6 Å². The van der Waals surface area contributed by atoms with Crippen LogP contribution in [0.15, 0.2) is 152 Å². The van der Waals surface area contributed by atoms with Crippen LogP contribution in [0.2, 0.25) is 0 Å². The lowest BCUT2D eigenvalue weighted by atomic mass is 9.94. The molecule has 0 saturated carbocycles. The molecule has 0 fully saturated rings. The molecule has 0 saturated heterocycles. The van der Waals surface area contributed by atoms with E-state index in [-0.39, 0.29) is 0 Å². The van der Waals surface area contributed by atoms with Crippen LogP contribution in [-0.4, -0.2) is 44.0 Å². The second-order valence-corrected chi connectivity index (χ2v) is 17.3. The lowest BCUT2D eigenvalue weighted by Crippen LogP contribution is -2.10. The quantitative estimate of drug-likeness (QED) is 0.155. The molecule has 68 heavy (non-hydrogen) atoms. The Hall–Kier alpha value is -8.94. The number of rotatable bonds is 7. The molecule has 0 radical (unpaired) electrons. The molecule has 12 rings (SSSR count). The van der Waals surface area contributed by atoms with Crippen molar-refractivity contribution < 1.29 is 0 Å². The number of aryl methyl sites for hydroxylation is 5. The van der Waals surface area contributed by atoms with E-state index in [4.69, 9.17) is 24.9 Å². The zero-order chi connectivity index (χ0) is 46.0. The number of nitrogens with zero attached hydrogens (tertiary/aromatic N) is 10. The second kappa shape index (κ2) is 16.2. The predicted molar refractivity (Wildman–Crippen MR) is 270 cm³/mol. The molecule has 1 aliphatic carbocycles. The molecule has 5 heterocycles. The topological polar surface area (TPSA) is 124 Å². The van der Waals surface area contributed by atoms with Crippen LogP contribution in [-0.2, 0) is 6.42 Å². The zero-order valence-electron chi connectivity index (χ0n) is 37.9. The molecule has 11 aromatic rings. The normalized spacial score (nSPS) is 12.4. The smallest absolute Gasteiger partial charge is 0.163 e. The summed E-state index contributed by atoms with van der Waals surface area (Å²) in [5.74, 6) is 3.96. The highest BCUT2D eigenvalue weighted by Crippen LogP contribution is 2.45. The van der Waals surface area contributed by atoms with Crippen molar-refractivity contribution in [1.29, 1.82) is 5.26 Å². The molecule has 0 spiro atoms. The van der Waals surface area contributed by atoms with Crippen molar-refractivity contribution in [2.75, 3.05) is 0 Å². The molecule has 10 heteroatoms. The van der Waals surface area contributed by atoms with E-state index < -0.39 is 0 Å². The Kier molecular flexibility index (Phi) is 9.66. The van der Waals surface area contributed by atoms with Crippen LogP contribution in [0.1, 0.15) is 52.4 Å². The van der Waals surface area contributed by atoms with Gasteiger partial charge in [-0.1, -0.05) is 109 Å². The van der Waals surface area contributed by atoms with Gasteiger partial charge in [0.05, 0.1) is 56.6 Å². The molecular weight excluding hydrogens is 837 g/mol. The molecule has 324 valence electrons. The van der Waals surface area contributed by atoms with E-state index in [9.17, 15) is 5.26 Å². The average Bonchev–Trinajstić information content (AvgIpc) is 3.87. The third-order valence-corrected chi connectivity index (χ3v) is 12.9. The van der Waals surface area contributed by atoms with E-state index in [0.29, 0.717) is 40.5 Å². The summed E-state index contributed by atoms with van der Waals surface area (Å²) in [5.41, 5.74) is 14.9. The van der Waals surface area contributed by atoms with Crippen LogP contribution >= 0.6 is 0 Å². The summed E-state index contributed by atoms with van der Waals surface area (Å²) < 4.78 is 4.61. The standard InChI is InChI=1S/C58H42N10/c1-34-60-35(2)63-57(62-34)40-25-27-46-44-19-10-12-23-50(44)67(52(46)31-40)54-29-38(33-59)30-55(56(54)49-22-14-21-48(66-49)43-18-9-8-17-42(43)39-15-6-5-7-16-39)68-51-24-13-11-20-45(51)47-28-26-41(32-53(47)68)58-64-36(3)61-37(4)65-58/h5-25,27,29-32H,26,28H2,1-4H3. The van der Waals surface area contributed by atoms with Crippen molar-refractivity contribution in [3.05, 3.63) is 198 Å². The largest absolute Gasteiger partial charge is 0.309 e. The maximum atomic E-state index is 11.1. The summed E-state index contributed by atoms with van der Waals surface area (Å²) in [6, 6.07) is 55.2. The number of allylic oxidation sites excluding steroid dienone is 1. The fourth-order valence-corrected chi connectivity index (χ4v) is 10.1. The number of aromatic nitrogens is 9. The number of hydrogen-bond donors (Lipinski definition) is 0.